The van der Waals surface area contributed by atoms with Crippen molar-refractivity contribution in [3.05, 3.63) is 0 Å². The fourth-order valence-corrected chi connectivity index (χ4v) is 11.3. The monoisotopic (exact) mass is 1240 g/mol. The van der Waals surface area contributed by atoms with Crippen molar-refractivity contribution < 1.29 is 111 Å². The second-order valence-electron chi connectivity index (χ2n) is 22.5. The van der Waals surface area contributed by atoms with Gasteiger partial charge in [-0.3, -0.25) is 28.2 Å². The number of rotatable bonds is 48. The standard InChI is InChI=1S/C56H106N2O23P2/c1-5-9-13-17-19-23-27-29-39(60)33-45(64)57-49-53(78-47(66)35-41(62)31-25-21-15-11-7-3)51(68)44(77-56(49)81-83(72,73)74)38-75-55-50(58-46(65)34-40(61)30-28-24-20-18-14-10-6-2)54(52(43(37-59)76-55)80-82(69,70)71)79-48(67)36-42(63)32-26-22-16-12-8-4/h39-44,49-56,59-63,68H,5-38H2,1-4H3,(H,57,64)(H,58,65)(H2,69,70,71)(H2,72,73,74)/t39-,40-,41-,42-,43-,44-,49-,50-,51-,52-,53-,54-,55-,56-/m1/s1. The van der Waals surface area contributed by atoms with Gasteiger partial charge in [-0.1, -0.05) is 182 Å². The average Bonchev–Trinajstić information content (AvgIpc) is 3.52. The first-order chi connectivity index (χ1) is 39.4. The Kier molecular flexibility index (Phi) is 40.2. The van der Waals surface area contributed by atoms with Crippen LogP contribution in [0, 0.1) is 0 Å². The van der Waals surface area contributed by atoms with E-state index >= 15 is 0 Å². The number of unbranched alkanes of at least 4 members (excludes halogenated alkanes) is 20. The van der Waals surface area contributed by atoms with Crippen molar-refractivity contribution in [1.29, 1.82) is 0 Å². The topological polar surface area (TPSA) is 393 Å². The number of carbonyl (C=O) groups is 4. The molecule has 2 heterocycles. The number of hydrogen-bond donors (Lipinski definition) is 12. The van der Waals surface area contributed by atoms with Crippen molar-refractivity contribution in [2.24, 2.45) is 0 Å². The van der Waals surface area contributed by atoms with Crippen molar-refractivity contribution in [1.82, 2.24) is 10.6 Å². The van der Waals surface area contributed by atoms with Crippen LogP contribution in [0.25, 0.3) is 0 Å². The molecule has 0 bridgehead atoms. The molecule has 2 saturated heterocycles. The zero-order valence-corrected chi connectivity index (χ0v) is 51.6. The van der Waals surface area contributed by atoms with E-state index in [0.29, 0.717) is 25.7 Å². The minimum absolute atomic E-state index is 0.190. The Hall–Kier alpha value is -2.26. The van der Waals surface area contributed by atoms with Gasteiger partial charge in [0.15, 0.2) is 24.8 Å². The first-order valence-corrected chi connectivity index (χ1v) is 33.9. The summed E-state index contributed by atoms with van der Waals surface area (Å²) in [5.41, 5.74) is 0. The van der Waals surface area contributed by atoms with Gasteiger partial charge in [-0.15, -0.1) is 0 Å². The fourth-order valence-electron chi connectivity index (χ4n) is 10.3. The SMILES string of the molecule is CCCCCCCCC[C@@H](O)CC(=O)N[C@H]1[C@H](OC[C@H]2O[C@H](OP(=O)(O)O)[C@H](NC(=O)C[C@H](O)CCCCCCCCC)[C@@H](OC(=O)C[C@H](O)CCCCCCC)[C@@H]2O)O[C@H](CO)[C@@H](OP(=O)(O)O)[C@@H]1OC(=O)C[C@H](O)CCCCCCC. The maximum Gasteiger partial charge on any atom is 0.472 e. The molecule has 83 heavy (non-hydrogen) atoms. The number of hydrogen-bond acceptors (Lipinski definition) is 19. The molecule has 0 spiro atoms. The molecule has 2 amide bonds. The second kappa shape index (κ2) is 43.4. The molecule has 0 aliphatic carbocycles. The van der Waals surface area contributed by atoms with E-state index in [9.17, 15) is 78.5 Å². The molecule has 2 aliphatic rings. The van der Waals surface area contributed by atoms with Crippen LogP contribution in [0.4, 0.5) is 0 Å². The van der Waals surface area contributed by atoms with Gasteiger partial charge in [0.2, 0.25) is 11.8 Å². The highest BCUT2D eigenvalue weighted by Crippen LogP contribution is 2.44. The number of ether oxygens (including phenoxy) is 5. The Labute approximate surface area is 491 Å². The maximum absolute atomic E-state index is 13.9. The molecule has 0 aromatic heterocycles. The number of aliphatic hydroxyl groups is 6. The molecule has 14 atom stereocenters. The van der Waals surface area contributed by atoms with Crippen LogP contribution in [0.2, 0.25) is 0 Å². The van der Waals surface area contributed by atoms with Crippen LogP contribution in [0.15, 0.2) is 0 Å². The molecular weight excluding hydrogens is 1130 g/mol. The van der Waals surface area contributed by atoms with Crippen LogP contribution in [-0.4, -0.2) is 173 Å². The van der Waals surface area contributed by atoms with Crippen molar-refractivity contribution in [2.45, 2.75) is 319 Å². The number of carbonyl (C=O) groups excluding carboxylic acids is 4. The van der Waals surface area contributed by atoms with E-state index in [1.807, 2.05) is 13.8 Å². The van der Waals surface area contributed by atoms with E-state index in [1.165, 1.54) is 0 Å². The summed E-state index contributed by atoms with van der Waals surface area (Å²) < 4.78 is 64.6. The summed E-state index contributed by atoms with van der Waals surface area (Å²) in [5.74, 6) is -4.05. The molecule has 2 fully saturated rings. The smallest absolute Gasteiger partial charge is 0.457 e. The number of esters is 2. The van der Waals surface area contributed by atoms with Gasteiger partial charge in [0.1, 0.15) is 36.5 Å². The predicted molar refractivity (Wildman–Crippen MR) is 305 cm³/mol. The lowest BCUT2D eigenvalue weighted by Gasteiger charge is -2.47. The molecule has 12 N–H and O–H groups in total. The van der Waals surface area contributed by atoms with E-state index in [1.54, 1.807) is 0 Å². The van der Waals surface area contributed by atoms with Crippen LogP contribution in [0.1, 0.15) is 233 Å². The van der Waals surface area contributed by atoms with Gasteiger partial charge in [0.05, 0.1) is 63.3 Å². The largest absolute Gasteiger partial charge is 0.472 e. The van der Waals surface area contributed by atoms with Gasteiger partial charge in [0, 0.05) is 0 Å². The molecular formula is C56H106N2O23P2. The molecule has 0 aromatic rings. The zero-order valence-electron chi connectivity index (χ0n) is 49.8. The molecule has 2 aliphatic heterocycles. The zero-order chi connectivity index (χ0) is 61.8. The van der Waals surface area contributed by atoms with E-state index in [-0.39, 0.29) is 25.7 Å². The lowest BCUT2D eigenvalue weighted by Crippen LogP contribution is -2.68. The summed E-state index contributed by atoms with van der Waals surface area (Å²) >= 11 is 0. The maximum atomic E-state index is 13.9. The van der Waals surface area contributed by atoms with Crippen molar-refractivity contribution >= 4 is 39.4 Å². The van der Waals surface area contributed by atoms with Gasteiger partial charge < -0.3 is 84.5 Å². The first-order valence-electron chi connectivity index (χ1n) is 30.8. The van der Waals surface area contributed by atoms with Gasteiger partial charge in [0.25, 0.3) is 0 Å². The Morgan fingerprint density at radius 2 is 0.795 bits per heavy atom. The van der Waals surface area contributed by atoms with E-state index < -0.39 is 164 Å². The predicted octanol–water partition coefficient (Wildman–Crippen LogP) is 6.19. The van der Waals surface area contributed by atoms with Crippen molar-refractivity contribution in [3.63, 3.8) is 0 Å². The van der Waals surface area contributed by atoms with Crippen LogP contribution < -0.4 is 10.6 Å². The summed E-state index contributed by atoms with van der Waals surface area (Å²) in [6.45, 7) is 6.23. The summed E-state index contributed by atoms with van der Waals surface area (Å²) in [6.07, 6.45) is -0.816. The molecule has 27 heteroatoms. The lowest BCUT2D eigenvalue weighted by atomic mass is 9.95. The second-order valence-corrected chi connectivity index (χ2v) is 24.9. The van der Waals surface area contributed by atoms with Gasteiger partial charge >= 0.3 is 27.6 Å². The van der Waals surface area contributed by atoms with Crippen LogP contribution in [0.5, 0.6) is 0 Å². The fraction of sp³-hybridized carbons (Fsp3) is 0.929. The summed E-state index contributed by atoms with van der Waals surface area (Å²) in [4.78, 5) is 95.3. The molecule has 25 nitrogen and oxygen atoms in total. The third kappa shape index (κ3) is 34.2. The van der Waals surface area contributed by atoms with Crippen LogP contribution in [0.3, 0.4) is 0 Å². The van der Waals surface area contributed by atoms with E-state index in [4.69, 9.17) is 32.7 Å². The Morgan fingerprint density at radius 1 is 0.458 bits per heavy atom. The number of phosphoric acid groups is 2. The average molecular weight is 1240 g/mol. The highest BCUT2D eigenvalue weighted by molar-refractivity contribution is 7.46. The Bertz CT molecular complexity index is 1860. The molecule has 0 radical (unpaired) electrons. The summed E-state index contributed by atoms with van der Waals surface area (Å²) in [5, 5.41) is 71.1. The molecule has 2 rings (SSSR count). The molecule has 0 unspecified atom stereocenters. The van der Waals surface area contributed by atoms with Crippen molar-refractivity contribution in [3.8, 4) is 0 Å². The Balaban J connectivity index is 2.60. The first kappa shape index (κ1) is 76.8. The highest BCUT2D eigenvalue weighted by Gasteiger charge is 2.54. The number of phosphoric ester groups is 2. The Morgan fingerprint density at radius 3 is 1.17 bits per heavy atom. The molecule has 0 aromatic carbocycles. The quantitative estimate of drug-likeness (QED) is 0.0183. The van der Waals surface area contributed by atoms with E-state index in [2.05, 4.69) is 24.5 Å². The van der Waals surface area contributed by atoms with Crippen molar-refractivity contribution in [2.75, 3.05) is 13.2 Å². The minimum Gasteiger partial charge on any atom is -0.457 e. The number of aliphatic hydroxyl groups excluding tert-OH is 6. The number of nitrogens with one attached hydrogen (secondary N) is 2. The normalized spacial score (nSPS) is 24.6. The van der Waals surface area contributed by atoms with Gasteiger partial charge in [-0.25, -0.2) is 9.13 Å². The third-order valence-corrected chi connectivity index (χ3v) is 15.8. The minimum atomic E-state index is -5.59. The lowest BCUT2D eigenvalue weighted by molar-refractivity contribution is -0.296. The van der Waals surface area contributed by atoms with Gasteiger partial charge in [-0.05, 0) is 25.7 Å². The highest BCUT2D eigenvalue weighted by atomic mass is 31.2. The van der Waals surface area contributed by atoms with Crippen LogP contribution >= 0.6 is 15.6 Å². The third-order valence-electron chi connectivity index (χ3n) is 14.8. The van der Waals surface area contributed by atoms with E-state index in [0.717, 1.165) is 128 Å². The van der Waals surface area contributed by atoms with Gasteiger partial charge in [-0.2, -0.15) is 0 Å². The number of amides is 2. The van der Waals surface area contributed by atoms with Crippen LogP contribution in [-0.2, 0) is 61.0 Å². The summed E-state index contributed by atoms with van der Waals surface area (Å²) in [7, 11) is -11.1. The molecule has 488 valence electrons. The molecule has 0 saturated carbocycles. The summed E-state index contributed by atoms with van der Waals surface area (Å²) in [6, 6.07) is -3.74.